The Labute approximate surface area is 105 Å². The molecule has 0 aliphatic heterocycles. The number of carbonyl (C=O) groups is 3. The normalized spacial score (nSPS) is 15.5. The lowest BCUT2D eigenvalue weighted by molar-refractivity contribution is -0.143. The number of rotatable bonds is 8. The second-order valence-corrected chi connectivity index (χ2v) is 4.42. The number of carboxylic acid groups (broad SMARTS) is 2. The number of amides is 1. The van der Waals surface area contributed by atoms with Gasteiger partial charge in [0.05, 0.1) is 5.54 Å². The molecule has 0 spiro atoms. The van der Waals surface area contributed by atoms with Gasteiger partial charge in [0.1, 0.15) is 6.04 Å². The van der Waals surface area contributed by atoms with E-state index < -0.39 is 29.4 Å². The van der Waals surface area contributed by atoms with Gasteiger partial charge in [0.15, 0.2) is 0 Å². The summed E-state index contributed by atoms with van der Waals surface area (Å²) < 4.78 is 0. The molecule has 0 saturated carbocycles. The molecule has 0 bridgehead atoms. The molecule has 7 heteroatoms. The van der Waals surface area contributed by atoms with E-state index in [0.717, 1.165) is 0 Å². The maximum atomic E-state index is 11.7. The molecule has 5 N–H and O–H groups in total. The van der Waals surface area contributed by atoms with Crippen LogP contribution in [-0.2, 0) is 14.4 Å². The lowest BCUT2D eigenvalue weighted by Crippen LogP contribution is -2.55. The molecule has 1 unspecified atom stereocenters. The zero-order valence-corrected chi connectivity index (χ0v) is 10.6. The molecule has 0 fully saturated rings. The summed E-state index contributed by atoms with van der Waals surface area (Å²) in [5.74, 6) is -2.74. The van der Waals surface area contributed by atoms with Crippen molar-refractivity contribution in [3.63, 3.8) is 0 Å². The molecule has 0 aliphatic carbocycles. The van der Waals surface area contributed by atoms with Crippen molar-refractivity contribution >= 4 is 17.8 Å². The average Bonchev–Trinajstić information content (AvgIpc) is 2.26. The number of aliphatic carboxylic acids is 2. The number of hydrogen-bond acceptors (Lipinski definition) is 4. The topological polar surface area (TPSA) is 130 Å². The standard InChI is InChI=1S/C11H20N2O5/c1-3-11(2,12)10(18)13-7(9(16)17)5-4-6-8(14)15/h7H,3-6,12H2,1-2H3,(H,13,18)(H,14,15)(H,16,17)/t7-,11?/m1/s1. The fraction of sp³-hybridized carbons (Fsp3) is 0.727. The van der Waals surface area contributed by atoms with Gasteiger partial charge in [-0.1, -0.05) is 6.92 Å². The molecular weight excluding hydrogens is 240 g/mol. The largest absolute Gasteiger partial charge is 0.481 e. The SMILES string of the molecule is CCC(C)(N)C(=O)N[C@H](CCCC(=O)O)C(=O)O. The van der Waals surface area contributed by atoms with Gasteiger partial charge in [-0.3, -0.25) is 9.59 Å². The van der Waals surface area contributed by atoms with Crippen LogP contribution in [0, 0.1) is 0 Å². The van der Waals surface area contributed by atoms with Crippen LogP contribution < -0.4 is 11.1 Å². The third-order valence-electron chi connectivity index (χ3n) is 2.74. The molecule has 18 heavy (non-hydrogen) atoms. The van der Waals surface area contributed by atoms with Crippen molar-refractivity contribution in [3.05, 3.63) is 0 Å². The van der Waals surface area contributed by atoms with Gasteiger partial charge in [-0.2, -0.15) is 0 Å². The minimum Gasteiger partial charge on any atom is -0.481 e. The summed E-state index contributed by atoms with van der Waals surface area (Å²) in [6.45, 7) is 3.23. The van der Waals surface area contributed by atoms with Crippen molar-refractivity contribution in [1.82, 2.24) is 5.32 Å². The Hall–Kier alpha value is -1.63. The summed E-state index contributed by atoms with van der Waals surface area (Å²) in [5.41, 5.74) is 4.56. The Balaban J connectivity index is 4.41. The zero-order valence-electron chi connectivity index (χ0n) is 10.6. The highest BCUT2D eigenvalue weighted by Crippen LogP contribution is 2.07. The molecule has 1 amide bonds. The minimum absolute atomic E-state index is 0.0627. The van der Waals surface area contributed by atoms with E-state index in [0.29, 0.717) is 6.42 Å². The van der Waals surface area contributed by atoms with Gasteiger partial charge in [0.25, 0.3) is 0 Å². The molecule has 0 rings (SSSR count). The lowest BCUT2D eigenvalue weighted by Gasteiger charge is -2.24. The summed E-state index contributed by atoms with van der Waals surface area (Å²) in [6, 6.07) is -1.11. The fourth-order valence-corrected chi connectivity index (χ4v) is 1.20. The first kappa shape index (κ1) is 16.4. The molecular formula is C11H20N2O5. The second kappa shape index (κ2) is 6.95. The van der Waals surface area contributed by atoms with E-state index >= 15 is 0 Å². The second-order valence-electron chi connectivity index (χ2n) is 4.42. The van der Waals surface area contributed by atoms with E-state index in [4.69, 9.17) is 15.9 Å². The van der Waals surface area contributed by atoms with E-state index in [1.165, 1.54) is 6.92 Å². The monoisotopic (exact) mass is 260 g/mol. The first-order valence-corrected chi connectivity index (χ1v) is 5.75. The summed E-state index contributed by atoms with van der Waals surface area (Å²) in [6.07, 6.45) is 0.487. The zero-order chi connectivity index (χ0) is 14.3. The predicted molar refractivity (Wildman–Crippen MR) is 63.9 cm³/mol. The van der Waals surface area contributed by atoms with Crippen LogP contribution in [0.2, 0.25) is 0 Å². The Morgan fingerprint density at radius 3 is 2.28 bits per heavy atom. The molecule has 0 aromatic rings. The van der Waals surface area contributed by atoms with Crippen LogP contribution in [0.1, 0.15) is 39.5 Å². The van der Waals surface area contributed by atoms with E-state index in [1.54, 1.807) is 6.92 Å². The minimum atomic E-state index is -1.19. The van der Waals surface area contributed by atoms with Crippen LogP contribution >= 0.6 is 0 Å². The van der Waals surface area contributed by atoms with Gasteiger partial charge in [-0.15, -0.1) is 0 Å². The summed E-state index contributed by atoms with van der Waals surface area (Å²) >= 11 is 0. The molecule has 0 aromatic carbocycles. The molecule has 104 valence electrons. The smallest absolute Gasteiger partial charge is 0.326 e. The molecule has 0 saturated heterocycles. The summed E-state index contributed by atoms with van der Waals surface area (Å²) in [5, 5.41) is 19.7. The van der Waals surface area contributed by atoms with Crippen LogP contribution in [0.5, 0.6) is 0 Å². The Morgan fingerprint density at radius 2 is 1.89 bits per heavy atom. The molecule has 7 nitrogen and oxygen atoms in total. The first-order valence-electron chi connectivity index (χ1n) is 5.75. The van der Waals surface area contributed by atoms with Crippen LogP contribution in [0.25, 0.3) is 0 Å². The molecule has 0 aliphatic rings. The van der Waals surface area contributed by atoms with Crippen molar-refractivity contribution in [2.45, 2.75) is 51.1 Å². The number of hydrogen-bond donors (Lipinski definition) is 4. The highest BCUT2D eigenvalue weighted by atomic mass is 16.4. The van der Waals surface area contributed by atoms with Crippen molar-refractivity contribution in [2.24, 2.45) is 5.73 Å². The lowest BCUT2D eigenvalue weighted by atomic mass is 9.98. The maximum Gasteiger partial charge on any atom is 0.326 e. The van der Waals surface area contributed by atoms with E-state index in [9.17, 15) is 14.4 Å². The van der Waals surface area contributed by atoms with Gasteiger partial charge >= 0.3 is 11.9 Å². The molecule has 0 aromatic heterocycles. The van der Waals surface area contributed by atoms with Crippen molar-refractivity contribution in [1.29, 1.82) is 0 Å². The van der Waals surface area contributed by atoms with Gasteiger partial charge < -0.3 is 21.3 Å². The van der Waals surface area contributed by atoms with Gasteiger partial charge in [0.2, 0.25) is 5.91 Å². The fourth-order valence-electron chi connectivity index (χ4n) is 1.20. The number of carboxylic acids is 2. The Bertz CT molecular complexity index is 327. The van der Waals surface area contributed by atoms with Crippen LogP contribution in [0.4, 0.5) is 0 Å². The number of nitrogens with one attached hydrogen (secondary N) is 1. The van der Waals surface area contributed by atoms with Gasteiger partial charge in [0, 0.05) is 6.42 Å². The van der Waals surface area contributed by atoms with Crippen molar-refractivity contribution in [2.75, 3.05) is 0 Å². The van der Waals surface area contributed by atoms with Crippen LogP contribution in [-0.4, -0.2) is 39.6 Å². The third kappa shape index (κ3) is 5.62. The quantitative estimate of drug-likeness (QED) is 0.483. The third-order valence-corrected chi connectivity index (χ3v) is 2.74. The Morgan fingerprint density at radius 1 is 1.33 bits per heavy atom. The maximum absolute atomic E-state index is 11.7. The van der Waals surface area contributed by atoms with Crippen molar-refractivity contribution < 1.29 is 24.6 Å². The molecule has 0 radical (unpaired) electrons. The van der Waals surface area contributed by atoms with Crippen molar-refractivity contribution in [3.8, 4) is 0 Å². The molecule has 0 heterocycles. The summed E-state index contributed by atoms with van der Waals surface area (Å²) in [4.78, 5) is 32.9. The predicted octanol–water partition coefficient (Wildman–Crippen LogP) is -0.0619. The first-order chi connectivity index (χ1) is 8.20. The average molecular weight is 260 g/mol. The van der Waals surface area contributed by atoms with Gasteiger partial charge in [-0.05, 0) is 26.2 Å². The number of nitrogens with two attached hydrogens (primary N) is 1. The van der Waals surface area contributed by atoms with E-state index in [-0.39, 0.29) is 19.3 Å². The number of carbonyl (C=O) groups excluding carboxylic acids is 1. The van der Waals surface area contributed by atoms with E-state index in [2.05, 4.69) is 5.32 Å². The molecule has 2 atom stereocenters. The van der Waals surface area contributed by atoms with Crippen LogP contribution in [0.3, 0.4) is 0 Å². The summed E-state index contributed by atoms with van der Waals surface area (Å²) in [7, 11) is 0. The van der Waals surface area contributed by atoms with Crippen LogP contribution in [0.15, 0.2) is 0 Å². The highest BCUT2D eigenvalue weighted by Gasteiger charge is 2.30. The van der Waals surface area contributed by atoms with E-state index in [1.807, 2.05) is 0 Å². The Kier molecular flexibility index (Phi) is 6.32. The van der Waals surface area contributed by atoms with Gasteiger partial charge in [-0.25, -0.2) is 4.79 Å². The highest BCUT2D eigenvalue weighted by molar-refractivity contribution is 5.89.